The number of nitrogens with zero attached hydrogens (tertiary/aromatic N) is 2. The van der Waals surface area contributed by atoms with Crippen LogP contribution in [0.1, 0.15) is 36.8 Å². The number of hydrogen-bond donors (Lipinski definition) is 1. The molecule has 1 saturated carbocycles. The monoisotopic (exact) mass is 449 g/mol. The number of rotatable bonds is 6. The zero-order valence-electron chi connectivity index (χ0n) is 18.4. The molecule has 0 radical (unpaired) electrons. The van der Waals surface area contributed by atoms with E-state index in [-0.39, 0.29) is 41.7 Å². The summed E-state index contributed by atoms with van der Waals surface area (Å²) in [6, 6.07) is 9.67. The molecule has 1 amide bonds. The summed E-state index contributed by atoms with van der Waals surface area (Å²) >= 11 is 0. The van der Waals surface area contributed by atoms with Crippen molar-refractivity contribution in [3.63, 3.8) is 0 Å². The summed E-state index contributed by atoms with van der Waals surface area (Å²) in [5.41, 5.74) is 2.22. The fourth-order valence-electron chi connectivity index (χ4n) is 5.59. The number of nitrogens with one attached hydrogen (secondary N) is 1. The van der Waals surface area contributed by atoms with Gasteiger partial charge in [-0.1, -0.05) is 12.1 Å². The number of amides is 1. The highest BCUT2D eigenvalue weighted by molar-refractivity contribution is 6.01. The smallest absolute Gasteiger partial charge is 0.231 e. The van der Waals surface area contributed by atoms with Crippen molar-refractivity contribution in [1.82, 2.24) is 5.32 Å². The summed E-state index contributed by atoms with van der Waals surface area (Å²) in [5.74, 6) is -1.64. The standard InChI is InChI=1S/C26H25F2N3O2/c1-31-23-10-15(2-3-16(23)11-25(31)33)20-12-21(27)18(9-22(20)28)6-14(13-29)7-24(32)26-17-4-5-19(8-17)30-26/h2-3,9-10,12,14,17,19,26,30H,4-8,11H2,1H3/t14?,17-,19+,26-/m0/s1. The molecule has 1 N–H and O–H groups in total. The van der Waals surface area contributed by atoms with Crippen LogP contribution in [-0.4, -0.2) is 30.8 Å². The van der Waals surface area contributed by atoms with Gasteiger partial charge in [-0.15, -0.1) is 0 Å². The van der Waals surface area contributed by atoms with Crippen LogP contribution in [0, 0.1) is 34.8 Å². The predicted molar refractivity (Wildman–Crippen MR) is 119 cm³/mol. The second kappa shape index (κ2) is 8.35. The zero-order chi connectivity index (χ0) is 23.3. The van der Waals surface area contributed by atoms with Crippen LogP contribution in [0.25, 0.3) is 11.1 Å². The molecular weight excluding hydrogens is 424 g/mol. The molecule has 33 heavy (non-hydrogen) atoms. The molecule has 170 valence electrons. The Labute approximate surface area is 191 Å². The van der Waals surface area contributed by atoms with Crippen molar-refractivity contribution in [1.29, 1.82) is 5.26 Å². The Morgan fingerprint density at radius 1 is 1.24 bits per heavy atom. The van der Waals surface area contributed by atoms with Gasteiger partial charge in [0.15, 0.2) is 5.78 Å². The second-order valence-corrected chi connectivity index (χ2v) is 9.51. The molecule has 1 unspecified atom stereocenters. The molecule has 5 rings (SSSR count). The maximum absolute atomic E-state index is 15.0. The highest BCUT2D eigenvalue weighted by Gasteiger charge is 2.42. The molecule has 2 aromatic rings. The van der Waals surface area contributed by atoms with Gasteiger partial charge in [0, 0.05) is 30.8 Å². The van der Waals surface area contributed by atoms with Gasteiger partial charge in [0.05, 0.1) is 24.4 Å². The van der Waals surface area contributed by atoms with E-state index in [4.69, 9.17) is 0 Å². The lowest BCUT2D eigenvalue weighted by Crippen LogP contribution is -2.42. The van der Waals surface area contributed by atoms with E-state index >= 15 is 0 Å². The van der Waals surface area contributed by atoms with E-state index in [1.807, 2.05) is 0 Å². The molecule has 2 aromatic carbocycles. The van der Waals surface area contributed by atoms with Gasteiger partial charge in [-0.2, -0.15) is 5.26 Å². The molecule has 5 nitrogen and oxygen atoms in total. The first-order chi connectivity index (χ1) is 15.8. The van der Waals surface area contributed by atoms with E-state index in [0.29, 0.717) is 29.6 Å². The van der Waals surface area contributed by atoms with Crippen molar-refractivity contribution in [3.05, 3.63) is 53.1 Å². The summed E-state index contributed by atoms with van der Waals surface area (Å²) in [6.07, 6.45) is 3.43. The van der Waals surface area contributed by atoms with Crippen LogP contribution in [0.5, 0.6) is 0 Å². The van der Waals surface area contributed by atoms with Gasteiger partial charge in [-0.25, -0.2) is 8.78 Å². The van der Waals surface area contributed by atoms with E-state index < -0.39 is 17.6 Å². The van der Waals surface area contributed by atoms with Gasteiger partial charge in [0.2, 0.25) is 5.91 Å². The Hall–Kier alpha value is -3.11. The minimum Gasteiger partial charge on any atom is -0.315 e. The SMILES string of the molecule is CN1C(=O)Cc2ccc(-c3cc(F)c(CC(C#N)CC(=O)[C@H]4N[C@@H]5CC[C@H]4C5)cc3F)cc21. The normalized spacial score (nSPS) is 24.1. The molecule has 2 aliphatic heterocycles. The van der Waals surface area contributed by atoms with E-state index in [9.17, 15) is 23.6 Å². The Bertz CT molecular complexity index is 1190. The number of Topliss-reactive ketones (excluding diaryl/α,β-unsaturated/α-hetero) is 1. The number of carbonyl (C=O) groups excluding carboxylic acids is 2. The summed E-state index contributed by atoms with van der Waals surface area (Å²) in [4.78, 5) is 26.1. The average Bonchev–Trinajstić information content (AvgIpc) is 3.51. The molecule has 1 saturated heterocycles. The van der Waals surface area contributed by atoms with Crippen molar-refractivity contribution >= 4 is 17.4 Å². The van der Waals surface area contributed by atoms with Gasteiger partial charge in [0.1, 0.15) is 11.6 Å². The first-order valence-corrected chi connectivity index (χ1v) is 11.4. The lowest BCUT2D eigenvalue weighted by molar-refractivity contribution is -0.122. The molecule has 2 heterocycles. The number of nitriles is 1. The third-order valence-electron chi connectivity index (χ3n) is 7.41. The molecular formula is C26H25F2N3O2. The van der Waals surface area contributed by atoms with Crippen LogP contribution < -0.4 is 10.2 Å². The molecule has 0 aromatic heterocycles. The number of anilines is 1. The maximum atomic E-state index is 15.0. The molecule has 2 fully saturated rings. The number of fused-ring (bicyclic) bond motifs is 3. The van der Waals surface area contributed by atoms with Crippen molar-refractivity contribution in [2.45, 2.75) is 50.6 Å². The lowest BCUT2D eigenvalue weighted by Gasteiger charge is -2.22. The highest BCUT2D eigenvalue weighted by Crippen LogP contribution is 2.37. The number of likely N-dealkylation sites (N-methyl/N-ethyl adjacent to an activating group) is 1. The molecule has 0 spiro atoms. The van der Waals surface area contributed by atoms with Crippen LogP contribution >= 0.6 is 0 Å². The van der Waals surface area contributed by atoms with Crippen molar-refractivity contribution < 1.29 is 18.4 Å². The van der Waals surface area contributed by atoms with Gasteiger partial charge in [0.25, 0.3) is 0 Å². The van der Waals surface area contributed by atoms with Crippen molar-refractivity contribution in [2.24, 2.45) is 11.8 Å². The highest BCUT2D eigenvalue weighted by atomic mass is 19.1. The second-order valence-electron chi connectivity index (χ2n) is 9.51. The Kier molecular flexibility index (Phi) is 5.49. The van der Waals surface area contributed by atoms with Crippen LogP contribution in [0.15, 0.2) is 30.3 Å². The fourth-order valence-corrected chi connectivity index (χ4v) is 5.59. The van der Waals surface area contributed by atoms with E-state index in [2.05, 4.69) is 11.4 Å². The minimum absolute atomic E-state index is 0.0111. The molecule has 4 atom stereocenters. The summed E-state index contributed by atoms with van der Waals surface area (Å²) in [7, 11) is 1.66. The third kappa shape index (κ3) is 3.93. The van der Waals surface area contributed by atoms with Crippen molar-refractivity contribution in [2.75, 3.05) is 11.9 Å². The first-order valence-electron chi connectivity index (χ1n) is 11.4. The van der Waals surface area contributed by atoms with E-state index in [1.165, 1.54) is 4.90 Å². The largest absolute Gasteiger partial charge is 0.315 e. The Balaban J connectivity index is 1.33. The zero-order valence-corrected chi connectivity index (χ0v) is 18.4. The van der Waals surface area contributed by atoms with E-state index in [1.54, 1.807) is 25.2 Å². The van der Waals surface area contributed by atoms with E-state index in [0.717, 1.165) is 37.0 Å². The maximum Gasteiger partial charge on any atom is 0.231 e. The van der Waals surface area contributed by atoms with Gasteiger partial charge in [-0.05, 0) is 66.5 Å². The Morgan fingerprint density at radius 2 is 2.06 bits per heavy atom. The molecule has 2 bridgehead atoms. The predicted octanol–water partition coefficient (Wildman–Crippen LogP) is 3.93. The number of halogens is 2. The first kappa shape index (κ1) is 21.7. The summed E-state index contributed by atoms with van der Waals surface area (Å²) in [6.45, 7) is 0. The number of piperidine rings is 1. The average molecular weight is 450 g/mol. The van der Waals surface area contributed by atoms with Crippen LogP contribution in [-0.2, 0) is 22.4 Å². The van der Waals surface area contributed by atoms with Crippen LogP contribution in [0.4, 0.5) is 14.5 Å². The van der Waals surface area contributed by atoms with Crippen LogP contribution in [0.3, 0.4) is 0 Å². The lowest BCUT2D eigenvalue weighted by atomic mass is 9.88. The third-order valence-corrected chi connectivity index (χ3v) is 7.41. The topological polar surface area (TPSA) is 73.2 Å². The fraction of sp³-hybridized carbons (Fsp3) is 0.423. The van der Waals surface area contributed by atoms with Crippen LogP contribution in [0.2, 0.25) is 0 Å². The number of hydrogen-bond acceptors (Lipinski definition) is 4. The number of ketones is 1. The van der Waals surface area contributed by atoms with Crippen molar-refractivity contribution in [3.8, 4) is 17.2 Å². The molecule has 3 aliphatic rings. The summed E-state index contributed by atoms with van der Waals surface area (Å²) in [5, 5.41) is 12.9. The minimum atomic E-state index is -0.710. The quantitative estimate of drug-likeness (QED) is 0.725. The Morgan fingerprint density at radius 3 is 2.76 bits per heavy atom. The number of carbonyl (C=O) groups is 2. The molecule has 1 aliphatic carbocycles. The van der Waals surface area contributed by atoms with Gasteiger partial charge < -0.3 is 10.2 Å². The van der Waals surface area contributed by atoms with Gasteiger partial charge >= 0.3 is 0 Å². The number of benzene rings is 2. The van der Waals surface area contributed by atoms with Gasteiger partial charge in [-0.3, -0.25) is 9.59 Å². The summed E-state index contributed by atoms with van der Waals surface area (Å²) < 4.78 is 29.9. The molecule has 7 heteroatoms.